The number of carbonyl (C=O) groups is 3. The highest BCUT2D eigenvalue weighted by Gasteiger charge is 2.39. The van der Waals surface area contributed by atoms with Crippen molar-refractivity contribution in [3.63, 3.8) is 0 Å². The van der Waals surface area contributed by atoms with Gasteiger partial charge in [0.15, 0.2) is 5.37 Å². The fourth-order valence-corrected chi connectivity index (χ4v) is 2.92. The van der Waals surface area contributed by atoms with Crippen LogP contribution in [-0.4, -0.2) is 39.0 Å². The number of rotatable bonds is 6. The minimum Gasteiger partial charge on any atom is -0.478 e. The summed E-state index contributed by atoms with van der Waals surface area (Å²) in [6, 6.07) is 6.31. The highest BCUT2D eigenvalue weighted by Crippen LogP contribution is 2.29. The molecule has 2 amide bonds. The number of nitrogens with zero attached hydrogens (tertiary/aromatic N) is 1. The van der Waals surface area contributed by atoms with Gasteiger partial charge in [0.2, 0.25) is 0 Å². The van der Waals surface area contributed by atoms with Gasteiger partial charge in [0.25, 0.3) is 11.1 Å². The Morgan fingerprint density at radius 2 is 2.10 bits per heavy atom. The van der Waals surface area contributed by atoms with Gasteiger partial charge >= 0.3 is 5.97 Å². The number of thioether (sulfide) groups is 1. The summed E-state index contributed by atoms with van der Waals surface area (Å²) in [5.74, 6) is -1.40. The molecule has 0 aromatic heterocycles. The molecule has 1 aromatic rings. The first-order valence-electron chi connectivity index (χ1n) is 6.65. The molecule has 7 heteroatoms. The maximum atomic E-state index is 12.2. The summed E-state index contributed by atoms with van der Waals surface area (Å²) in [5, 5.41) is 10.9. The van der Waals surface area contributed by atoms with Crippen molar-refractivity contribution in [1.82, 2.24) is 4.90 Å². The highest BCUT2D eigenvalue weighted by molar-refractivity contribution is 8.15. The van der Waals surface area contributed by atoms with Crippen LogP contribution in [0.3, 0.4) is 0 Å². The van der Waals surface area contributed by atoms with Crippen LogP contribution in [0.5, 0.6) is 0 Å². The Kier molecular flexibility index (Phi) is 4.85. The van der Waals surface area contributed by atoms with E-state index in [1.54, 1.807) is 18.2 Å². The fourth-order valence-electron chi connectivity index (χ4n) is 1.99. The molecule has 1 heterocycles. The van der Waals surface area contributed by atoms with Gasteiger partial charge in [0.05, 0.1) is 5.56 Å². The second-order valence-electron chi connectivity index (χ2n) is 4.60. The number of carboxylic acids is 1. The molecule has 1 aliphatic rings. The molecule has 21 heavy (non-hydrogen) atoms. The van der Waals surface area contributed by atoms with Crippen LogP contribution in [0.25, 0.3) is 0 Å². The average Bonchev–Trinajstić information content (AvgIpc) is 2.72. The molecule has 2 N–H and O–H groups in total. The quantitative estimate of drug-likeness (QED) is 0.840. The predicted octanol–water partition coefficient (Wildman–Crippen LogP) is 2.62. The van der Waals surface area contributed by atoms with Crippen molar-refractivity contribution >= 4 is 34.6 Å². The van der Waals surface area contributed by atoms with Crippen LogP contribution >= 0.6 is 11.8 Å². The summed E-state index contributed by atoms with van der Waals surface area (Å²) in [5.41, 5.74) is 0.409. The second-order valence-corrected chi connectivity index (χ2v) is 5.66. The topological polar surface area (TPSA) is 86.7 Å². The summed E-state index contributed by atoms with van der Waals surface area (Å²) in [7, 11) is 0. The van der Waals surface area contributed by atoms with E-state index in [-0.39, 0.29) is 16.7 Å². The summed E-state index contributed by atoms with van der Waals surface area (Å²) in [6.45, 7) is 2.39. The Morgan fingerprint density at radius 3 is 2.76 bits per heavy atom. The van der Waals surface area contributed by atoms with Gasteiger partial charge in [-0.2, -0.15) is 0 Å². The highest BCUT2D eigenvalue weighted by atomic mass is 32.2. The Hall–Kier alpha value is -2.02. The molecule has 1 fully saturated rings. The zero-order valence-corrected chi connectivity index (χ0v) is 12.4. The Morgan fingerprint density at radius 1 is 1.38 bits per heavy atom. The lowest BCUT2D eigenvalue weighted by molar-refractivity contribution is -0.126. The molecular formula is C14H16N2O4S. The largest absolute Gasteiger partial charge is 0.478 e. The molecule has 0 radical (unpaired) electrons. The minimum absolute atomic E-state index is 0.0744. The first kappa shape index (κ1) is 15.4. The SMILES string of the molecule is CCCCN1C(=O)S[C@H](Nc2ccccc2C(=O)O)C1=O. The number of hydrogen-bond acceptors (Lipinski definition) is 5. The summed E-state index contributed by atoms with van der Waals surface area (Å²) < 4.78 is 0. The molecule has 1 saturated heterocycles. The normalized spacial score (nSPS) is 18.1. The van der Waals surface area contributed by atoms with E-state index in [1.165, 1.54) is 11.0 Å². The van der Waals surface area contributed by atoms with E-state index >= 15 is 0 Å². The van der Waals surface area contributed by atoms with Crippen LogP contribution < -0.4 is 5.32 Å². The van der Waals surface area contributed by atoms with Crippen LogP contribution in [0.2, 0.25) is 0 Å². The lowest BCUT2D eigenvalue weighted by Crippen LogP contribution is -2.35. The maximum Gasteiger partial charge on any atom is 0.337 e. The number of amides is 2. The number of benzene rings is 1. The Labute approximate surface area is 126 Å². The number of anilines is 1. The number of para-hydroxylation sites is 1. The van der Waals surface area contributed by atoms with Gasteiger partial charge in [-0.15, -0.1) is 0 Å². The van der Waals surface area contributed by atoms with Crippen molar-refractivity contribution in [2.24, 2.45) is 0 Å². The van der Waals surface area contributed by atoms with Gasteiger partial charge in [-0.05, 0) is 30.3 Å². The van der Waals surface area contributed by atoms with Crippen LogP contribution in [0.4, 0.5) is 10.5 Å². The van der Waals surface area contributed by atoms with Gasteiger partial charge in [-0.1, -0.05) is 25.5 Å². The number of aromatic carboxylic acids is 1. The Bertz CT molecular complexity index is 576. The van der Waals surface area contributed by atoms with E-state index in [9.17, 15) is 14.4 Å². The molecule has 0 aliphatic carbocycles. The van der Waals surface area contributed by atoms with Crippen molar-refractivity contribution in [1.29, 1.82) is 0 Å². The number of hydrogen-bond donors (Lipinski definition) is 2. The summed E-state index contributed by atoms with van der Waals surface area (Å²) >= 11 is 0.881. The van der Waals surface area contributed by atoms with Crippen molar-refractivity contribution < 1.29 is 19.5 Å². The fraction of sp³-hybridized carbons (Fsp3) is 0.357. The summed E-state index contributed by atoms with van der Waals surface area (Å²) in [4.78, 5) is 36.4. The van der Waals surface area contributed by atoms with E-state index in [1.807, 2.05) is 6.92 Å². The number of carbonyl (C=O) groups excluding carboxylic acids is 2. The van der Waals surface area contributed by atoms with E-state index in [2.05, 4.69) is 5.32 Å². The Balaban J connectivity index is 2.13. The lowest BCUT2D eigenvalue weighted by Gasteiger charge is -2.15. The zero-order valence-electron chi connectivity index (χ0n) is 11.5. The standard InChI is InChI=1S/C14H16N2O4S/c1-2-3-8-16-12(17)11(21-14(16)20)15-10-7-5-4-6-9(10)13(18)19/h4-7,11,15H,2-3,8H2,1H3,(H,18,19)/t11-/m0/s1. The van der Waals surface area contributed by atoms with Gasteiger partial charge in [-0.3, -0.25) is 14.5 Å². The molecule has 1 atom stereocenters. The lowest BCUT2D eigenvalue weighted by atomic mass is 10.2. The van der Waals surface area contributed by atoms with Crippen LogP contribution in [0, 0.1) is 0 Å². The molecule has 6 nitrogen and oxygen atoms in total. The second kappa shape index (κ2) is 6.62. The maximum absolute atomic E-state index is 12.2. The first-order chi connectivity index (χ1) is 10.0. The van der Waals surface area contributed by atoms with Gasteiger partial charge in [-0.25, -0.2) is 4.79 Å². The third-order valence-corrected chi connectivity index (χ3v) is 4.09. The number of carboxylic acid groups (broad SMARTS) is 1. The monoisotopic (exact) mass is 308 g/mol. The third-order valence-electron chi connectivity index (χ3n) is 3.11. The molecular weight excluding hydrogens is 292 g/mol. The van der Waals surface area contributed by atoms with Crippen LogP contribution in [0.1, 0.15) is 30.1 Å². The van der Waals surface area contributed by atoms with E-state index in [4.69, 9.17) is 5.11 Å². The van der Waals surface area contributed by atoms with Gasteiger partial charge in [0, 0.05) is 12.2 Å². The minimum atomic E-state index is -1.08. The molecule has 0 unspecified atom stereocenters. The molecule has 0 bridgehead atoms. The van der Waals surface area contributed by atoms with E-state index in [0.717, 1.165) is 24.6 Å². The van der Waals surface area contributed by atoms with Crippen molar-refractivity contribution in [2.45, 2.75) is 25.1 Å². The van der Waals surface area contributed by atoms with Crippen molar-refractivity contribution in [3.05, 3.63) is 29.8 Å². The van der Waals surface area contributed by atoms with Crippen molar-refractivity contribution in [3.8, 4) is 0 Å². The van der Waals surface area contributed by atoms with E-state index < -0.39 is 11.3 Å². The van der Waals surface area contributed by atoms with Crippen molar-refractivity contribution in [2.75, 3.05) is 11.9 Å². The molecule has 2 rings (SSSR count). The molecule has 0 saturated carbocycles. The molecule has 0 spiro atoms. The smallest absolute Gasteiger partial charge is 0.337 e. The number of imide groups is 1. The number of nitrogens with one attached hydrogen (secondary N) is 1. The van der Waals surface area contributed by atoms with Crippen LogP contribution in [0.15, 0.2) is 24.3 Å². The summed E-state index contributed by atoms with van der Waals surface area (Å²) in [6.07, 6.45) is 1.65. The first-order valence-corrected chi connectivity index (χ1v) is 7.53. The number of unbranched alkanes of at least 4 members (excludes halogenated alkanes) is 1. The molecule has 1 aliphatic heterocycles. The molecule has 112 valence electrons. The average molecular weight is 308 g/mol. The molecule has 1 aromatic carbocycles. The third kappa shape index (κ3) is 3.36. The van der Waals surface area contributed by atoms with E-state index in [0.29, 0.717) is 12.2 Å². The zero-order chi connectivity index (χ0) is 15.4. The predicted molar refractivity (Wildman–Crippen MR) is 80.4 cm³/mol. The van der Waals surface area contributed by atoms with Gasteiger partial charge in [0.1, 0.15) is 0 Å². The van der Waals surface area contributed by atoms with Gasteiger partial charge < -0.3 is 10.4 Å². The van der Waals surface area contributed by atoms with Crippen LogP contribution in [-0.2, 0) is 4.79 Å².